The molecule has 0 fully saturated rings. The van der Waals surface area contributed by atoms with Gasteiger partial charge in [0.2, 0.25) is 5.95 Å². The first kappa shape index (κ1) is 12.1. The highest BCUT2D eigenvalue weighted by Gasteiger charge is 2.08. The second-order valence-corrected chi connectivity index (χ2v) is 5.63. The van der Waals surface area contributed by atoms with Gasteiger partial charge in [-0.15, -0.1) is 11.3 Å². The molecular weight excluding hydrogens is 284 g/mol. The molecule has 0 aliphatic carbocycles. The maximum absolute atomic E-state index is 5.70. The SMILES string of the molecule is Nc1nc(NCc2ccc3sccc3c2)c2[nH]cnc2n1. The van der Waals surface area contributed by atoms with E-state index >= 15 is 0 Å². The Labute approximate surface area is 124 Å². The summed E-state index contributed by atoms with van der Waals surface area (Å²) >= 11 is 1.74. The van der Waals surface area contributed by atoms with Crippen molar-refractivity contribution in [3.05, 3.63) is 41.5 Å². The molecule has 0 spiro atoms. The van der Waals surface area contributed by atoms with Crippen LogP contribution >= 0.6 is 11.3 Å². The average Bonchev–Trinajstić information content (AvgIpc) is 3.12. The first-order chi connectivity index (χ1) is 10.3. The molecule has 3 heterocycles. The second kappa shape index (κ2) is 4.71. The molecule has 21 heavy (non-hydrogen) atoms. The number of anilines is 2. The van der Waals surface area contributed by atoms with Gasteiger partial charge in [-0.1, -0.05) is 6.07 Å². The number of H-pyrrole nitrogens is 1. The van der Waals surface area contributed by atoms with Crippen LogP contribution in [0.4, 0.5) is 11.8 Å². The molecule has 104 valence electrons. The van der Waals surface area contributed by atoms with Crippen molar-refractivity contribution >= 4 is 44.4 Å². The molecule has 1 aromatic carbocycles. The van der Waals surface area contributed by atoms with Gasteiger partial charge in [-0.25, -0.2) is 4.98 Å². The Morgan fingerprint density at radius 3 is 3.14 bits per heavy atom. The van der Waals surface area contributed by atoms with Crippen LogP contribution in [0.2, 0.25) is 0 Å². The van der Waals surface area contributed by atoms with Gasteiger partial charge >= 0.3 is 0 Å². The van der Waals surface area contributed by atoms with Crippen molar-refractivity contribution in [1.29, 1.82) is 0 Å². The Balaban J connectivity index is 1.64. The molecule has 0 saturated carbocycles. The molecule has 4 rings (SSSR count). The highest BCUT2D eigenvalue weighted by atomic mass is 32.1. The predicted octanol–water partition coefficient (Wildman–Crippen LogP) is 2.76. The lowest BCUT2D eigenvalue weighted by Gasteiger charge is -2.07. The van der Waals surface area contributed by atoms with E-state index < -0.39 is 0 Å². The van der Waals surface area contributed by atoms with E-state index in [9.17, 15) is 0 Å². The van der Waals surface area contributed by atoms with Crippen LogP contribution in [0.1, 0.15) is 5.56 Å². The lowest BCUT2D eigenvalue weighted by molar-refractivity contribution is 1.11. The summed E-state index contributed by atoms with van der Waals surface area (Å²) in [4.78, 5) is 15.4. The molecule has 4 aromatic rings. The van der Waals surface area contributed by atoms with Crippen molar-refractivity contribution in [2.45, 2.75) is 6.54 Å². The van der Waals surface area contributed by atoms with Crippen LogP contribution in [-0.2, 0) is 6.54 Å². The third-order valence-electron chi connectivity index (χ3n) is 3.28. The number of fused-ring (bicyclic) bond motifs is 2. The van der Waals surface area contributed by atoms with Crippen molar-refractivity contribution in [2.75, 3.05) is 11.1 Å². The Morgan fingerprint density at radius 2 is 2.19 bits per heavy atom. The summed E-state index contributed by atoms with van der Waals surface area (Å²) in [6, 6.07) is 8.55. The van der Waals surface area contributed by atoms with E-state index in [1.165, 1.54) is 15.6 Å². The molecule has 0 bridgehead atoms. The summed E-state index contributed by atoms with van der Waals surface area (Å²) in [6.45, 7) is 0.663. The molecule has 0 aliphatic heterocycles. The number of hydrogen-bond acceptors (Lipinski definition) is 6. The zero-order valence-electron chi connectivity index (χ0n) is 11.0. The average molecular weight is 296 g/mol. The molecule has 0 unspecified atom stereocenters. The van der Waals surface area contributed by atoms with Crippen molar-refractivity contribution in [3.63, 3.8) is 0 Å². The van der Waals surface area contributed by atoms with E-state index in [1.54, 1.807) is 17.7 Å². The molecule has 0 amide bonds. The van der Waals surface area contributed by atoms with Crippen molar-refractivity contribution in [2.24, 2.45) is 0 Å². The van der Waals surface area contributed by atoms with Gasteiger partial charge in [0.25, 0.3) is 0 Å². The van der Waals surface area contributed by atoms with E-state index in [2.05, 4.69) is 54.9 Å². The monoisotopic (exact) mass is 296 g/mol. The summed E-state index contributed by atoms with van der Waals surface area (Å²) < 4.78 is 1.29. The zero-order valence-corrected chi connectivity index (χ0v) is 11.8. The highest BCUT2D eigenvalue weighted by molar-refractivity contribution is 7.17. The maximum atomic E-state index is 5.70. The maximum Gasteiger partial charge on any atom is 0.224 e. The van der Waals surface area contributed by atoms with E-state index in [0.29, 0.717) is 18.0 Å². The van der Waals surface area contributed by atoms with Crippen molar-refractivity contribution < 1.29 is 0 Å². The van der Waals surface area contributed by atoms with Gasteiger partial charge in [0.05, 0.1) is 6.33 Å². The van der Waals surface area contributed by atoms with Gasteiger partial charge in [0.15, 0.2) is 11.5 Å². The van der Waals surface area contributed by atoms with Gasteiger partial charge in [-0.3, -0.25) is 0 Å². The Morgan fingerprint density at radius 1 is 1.24 bits per heavy atom. The molecule has 3 aromatic heterocycles. The van der Waals surface area contributed by atoms with Gasteiger partial charge in [-0.05, 0) is 34.5 Å². The largest absolute Gasteiger partial charge is 0.368 e. The molecule has 0 atom stereocenters. The number of nitrogens with two attached hydrogens (primary N) is 1. The normalized spacial score (nSPS) is 11.2. The van der Waals surface area contributed by atoms with Crippen LogP contribution < -0.4 is 11.1 Å². The molecule has 7 heteroatoms. The highest BCUT2D eigenvalue weighted by Crippen LogP contribution is 2.23. The Hall–Kier alpha value is -2.67. The smallest absolute Gasteiger partial charge is 0.224 e. The fraction of sp³-hybridized carbons (Fsp3) is 0.0714. The molecular formula is C14H12N6S. The first-order valence-corrected chi connectivity index (χ1v) is 7.34. The minimum atomic E-state index is 0.213. The number of aromatic amines is 1. The summed E-state index contributed by atoms with van der Waals surface area (Å²) in [5.41, 5.74) is 8.22. The van der Waals surface area contributed by atoms with Crippen LogP contribution in [0.5, 0.6) is 0 Å². The van der Waals surface area contributed by atoms with Gasteiger partial charge in [0.1, 0.15) is 5.52 Å². The standard InChI is InChI=1S/C14H12N6S/c15-14-19-12(11-13(20-14)18-7-17-11)16-6-8-1-2-10-9(5-8)3-4-21-10/h1-5,7H,6H2,(H4,15,16,17,18,19,20). The van der Waals surface area contributed by atoms with E-state index in [1.807, 2.05) is 0 Å². The molecule has 4 N–H and O–H groups in total. The third kappa shape index (κ3) is 2.17. The van der Waals surface area contributed by atoms with E-state index in [-0.39, 0.29) is 5.95 Å². The predicted molar refractivity (Wildman–Crippen MR) is 85.2 cm³/mol. The quantitative estimate of drug-likeness (QED) is 0.540. The minimum Gasteiger partial charge on any atom is -0.368 e. The lowest BCUT2D eigenvalue weighted by Crippen LogP contribution is -2.05. The Bertz CT molecular complexity index is 925. The summed E-state index contributed by atoms with van der Waals surface area (Å²) in [6.07, 6.45) is 1.58. The Kier molecular flexibility index (Phi) is 2.71. The summed E-state index contributed by atoms with van der Waals surface area (Å²) in [7, 11) is 0. The third-order valence-corrected chi connectivity index (χ3v) is 4.18. The molecule has 6 nitrogen and oxygen atoms in total. The van der Waals surface area contributed by atoms with Crippen molar-refractivity contribution in [3.8, 4) is 0 Å². The minimum absolute atomic E-state index is 0.213. The van der Waals surface area contributed by atoms with Crippen molar-refractivity contribution in [1.82, 2.24) is 19.9 Å². The topological polar surface area (TPSA) is 92.5 Å². The van der Waals surface area contributed by atoms with Gasteiger partial charge in [0, 0.05) is 11.2 Å². The number of imidazole rings is 1. The molecule has 0 saturated heterocycles. The van der Waals surface area contributed by atoms with E-state index in [4.69, 9.17) is 5.73 Å². The number of nitrogens with one attached hydrogen (secondary N) is 2. The number of thiophene rings is 1. The number of rotatable bonds is 3. The van der Waals surface area contributed by atoms with Crippen LogP contribution in [0, 0.1) is 0 Å². The van der Waals surface area contributed by atoms with Gasteiger partial charge in [-0.2, -0.15) is 9.97 Å². The second-order valence-electron chi connectivity index (χ2n) is 4.68. The van der Waals surface area contributed by atoms with Crippen LogP contribution in [0.15, 0.2) is 36.0 Å². The number of nitrogens with zero attached hydrogens (tertiary/aromatic N) is 3. The fourth-order valence-electron chi connectivity index (χ4n) is 2.29. The van der Waals surface area contributed by atoms with Crippen LogP contribution in [0.25, 0.3) is 21.3 Å². The summed E-state index contributed by atoms with van der Waals surface area (Å²) in [5, 5.41) is 6.64. The van der Waals surface area contributed by atoms with Crippen LogP contribution in [-0.4, -0.2) is 19.9 Å². The number of aromatic nitrogens is 4. The first-order valence-electron chi connectivity index (χ1n) is 6.46. The van der Waals surface area contributed by atoms with E-state index in [0.717, 1.165) is 5.52 Å². The van der Waals surface area contributed by atoms with Gasteiger partial charge < -0.3 is 16.0 Å². The van der Waals surface area contributed by atoms with Crippen LogP contribution in [0.3, 0.4) is 0 Å². The fourth-order valence-corrected chi connectivity index (χ4v) is 3.06. The lowest BCUT2D eigenvalue weighted by atomic mass is 10.1. The number of hydrogen-bond donors (Lipinski definition) is 3. The zero-order chi connectivity index (χ0) is 14.2. The molecule has 0 aliphatic rings. The number of nitrogen functional groups attached to an aromatic ring is 1. The number of benzene rings is 1. The summed E-state index contributed by atoms with van der Waals surface area (Å²) in [5.74, 6) is 0.880. The molecule has 0 radical (unpaired) electrons.